The molecule has 17 heavy (non-hydrogen) atoms. The fourth-order valence-electron chi connectivity index (χ4n) is 1.61. The Morgan fingerprint density at radius 1 is 1.53 bits per heavy atom. The van der Waals surface area contributed by atoms with E-state index in [1.54, 1.807) is 0 Å². The van der Waals surface area contributed by atoms with Gasteiger partial charge >= 0.3 is 0 Å². The van der Waals surface area contributed by atoms with Gasteiger partial charge in [0, 0.05) is 6.04 Å². The Hall–Kier alpha value is -1.36. The van der Waals surface area contributed by atoms with Crippen molar-refractivity contribution in [3.05, 3.63) is 18.2 Å². The third-order valence-corrected chi connectivity index (χ3v) is 3.22. The van der Waals surface area contributed by atoms with E-state index in [9.17, 15) is 0 Å². The summed E-state index contributed by atoms with van der Waals surface area (Å²) in [6.07, 6.45) is 3.18. The lowest BCUT2D eigenvalue weighted by Gasteiger charge is -2.10. The van der Waals surface area contributed by atoms with Crippen LogP contribution in [-0.2, 0) is 0 Å². The Kier molecular flexibility index (Phi) is 3.78. The molecule has 1 aromatic carbocycles. The van der Waals surface area contributed by atoms with E-state index in [0.29, 0.717) is 17.7 Å². The van der Waals surface area contributed by atoms with Crippen molar-refractivity contribution >= 4 is 34.6 Å². The van der Waals surface area contributed by atoms with Crippen LogP contribution in [0.25, 0.3) is 11.1 Å². The van der Waals surface area contributed by atoms with Gasteiger partial charge in [-0.05, 0) is 37.5 Å². The summed E-state index contributed by atoms with van der Waals surface area (Å²) < 4.78 is 5.59. The highest BCUT2D eigenvalue weighted by molar-refractivity contribution is 7.98. The summed E-state index contributed by atoms with van der Waals surface area (Å²) in [5.74, 6) is 1.12. The van der Waals surface area contributed by atoms with E-state index in [0.717, 1.165) is 23.3 Å². The van der Waals surface area contributed by atoms with Gasteiger partial charge in [-0.1, -0.05) is 6.07 Å². The maximum atomic E-state index is 5.83. The van der Waals surface area contributed by atoms with Crippen LogP contribution in [0.5, 0.6) is 0 Å². The predicted molar refractivity (Wildman–Crippen MR) is 74.5 cm³/mol. The van der Waals surface area contributed by atoms with E-state index in [1.807, 2.05) is 30.0 Å². The van der Waals surface area contributed by atoms with Gasteiger partial charge in [0.15, 0.2) is 5.58 Å². The van der Waals surface area contributed by atoms with Crippen molar-refractivity contribution in [2.75, 3.05) is 23.1 Å². The number of thioether (sulfide) groups is 1. The number of nitrogens with zero attached hydrogens (tertiary/aromatic N) is 1. The predicted octanol–water partition coefficient (Wildman–Crippen LogP) is 2.96. The zero-order valence-corrected chi connectivity index (χ0v) is 10.9. The maximum Gasteiger partial charge on any atom is 0.295 e. The van der Waals surface area contributed by atoms with Crippen LogP contribution in [0.4, 0.5) is 11.7 Å². The second kappa shape index (κ2) is 5.31. The summed E-state index contributed by atoms with van der Waals surface area (Å²) >= 11 is 1.84. The summed E-state index contributed by atoms with van der Waals surface area (Å²) in [4.78, 5) is 4.35. The first-order chi connectivity index (χ1) is 8.20. The topological polar surface area (TPSA) is 64.1 Å². The van der Waals surface area contributed by atoms with E-state index < -0.39 is 0 Å². The molecule has 0 radical (unpaired) electrons. The quantitative estimate of drug-likeness (QED) is 0.800. The first-order valence-corrected chi connectivity index (χ1v) is 7.00. The van der Waals surface area contributed by atoms with Crippen LogP contribution in [-0.4, -0.2) is 23.0 Å². The molecule has 4 nitrogen and oxygen atoms in total. The Morgan fingerprint density at radius 3 is 3.06 bits per heavy atom. The Morgan fingerprint density at radius 2 is 2.35 bits per heavy atom. The SMILES string of the molecule is CSCCC(C)Nc1nc2c(N)cccc2o1. The molecule has 2 aromatic rings. The molecular formula is C12H17N3OS. The number of aromatic nitrogens is 1. The average Bonchev–Trinajstić information content (AvgIpc) is 2.70. The Balaban J connectivity index is 2.11. The molecule has 0 amide bonds. The second-order valence-corrected chi connectivity index (χ2v) is 5.03. The molecule has 0 aliphatic heterocycles. The zero-order chi connectivity index (χ0) is 12.3. The molecule has 1 unspecified atom stereocenters. The van der Waals surface area contributed by atoms with E-state index in [2.05, 4.69) is 23.5 Å². The number of hydrogen-bond donors (Lipinski definition) is 2. The van der Waals surface area contributed by atoms with Gasteiger partial charge in [0.2, 0.25) is 0 Å². The van der Waals surface area contributed by atoms with Crippen molar-refractivity contribution in [1.82, 2.24) is 4.98 Å². The third kappa shape index (κ3) is 2.85. The molecule has 1 heterocycles. The highest BCUT2D eigenvalue weighted by atomic mass is 32.2. The molecule has 0 aliphatic carbocycles. The van der Waals surface area contributed by atoms with Crippen LogP contribution in [0.15, 0.2) is 22.6 Å². The van der Waals surface area contributed by atoms with Gasteiger partial charge in [0.25, 0.3) is 6.01 Å². The van der Waals surface area contributed by atoms with Gasteiger partial charge in [-0.25, -0.2) is 0 Å². The number of nitrogen functional groups attached to an aromatic ring is 1. The maximum absolute atomic E-state index is 5.83. The first kappa shape index (κ1) is 12.1. The number of rotatable bonds is 5. The lowest BCUT2D eigenvalue weighted by atomic mass is 10.3. The van der Waals surface area contributed by atoms with Crippen molar-refractivity contribution in [3.63, 3.8) is 0 Å². The monoisotopic (exact) mass is 251 g/mol. The first-order valence-electron chi connectivity index (χ1n) is 5.61. The molecular weight excluding hydrogens is 234 g/mol. The fraction of sp³-hybridized carbons (Fsp3) is 0.417. The Labute approximate surface area is 105 Å². The largest absolute Gasteiger partial charge is 0.423 e. The van der Waals surface area contributed by atoms with Crippen LogP contribution in [0.2, 0.25) is 0 Å². The van der Waals surface area contributed by atoms with Gasteiger partial charge in [0.1, 0.15) is 5.52 Å². The van der Waals surface area contributed by atoms with E-state index >= 15 is 0 Å². The normalized spacial score (nSPS) is 12.8. The number of nitrogens with one attached hydrogen (secondary N) is 1. The zero-order valence-electron chi connectivity index (χ0n) is 10.1. The van der Waals surface area contributed by atoms with E-state index in [1.165, 1.54) is 0 Å². The van der Waals surface area contributed by atoms with Crippen LogP contribution in [0.1, 0.15) is 13.3 Å². The van der Waals surface area contributed by atoms with Gasteiger partial charge in [0.05, 0.1) is 5.69 Å². The van der Waals surface area contributed by atoms with Crippen LogP contribution in [0.3, 0.4) is 0 Å². The van der Waals surface area contributed by atoms with Gasteiger partial charge in [-0.2, -0.15) is 16.7 Å². The molecule has 0 saturated carbocycles. The minimum absolute atomic E-state index is 0.344. The third-order valence-electron chi connectivity index (χ3n) is 2.58. The molecule has 0 bridgehead atoms. The van der Waals surface area contributed by atoms with Gasteiger partial charge in [-0.15, -0.1) is 0 Å². The molecule has 0 fully saturated rings. The van der Waals surface area contributed by atoms with Crippen molar-refractivity contribution in [2.45, 2.75) is 19.4 Å². The molecule has 0 saturated heterocycles. The van der Waals surface area contributed by atoms with Crippen molar-refractivity contribution in [2.24, 2.45) is 0 Å². The molecule has 1 atom stereocenters. The van der Waals surface area contributed by atoms with Crippen LogP contribution < -0.4 is 11.1 Å². The molecule has 5 heteroatoms. The number of nitrogens with two attached hydrogens (primary N) is 1. The molecule has 2 rings (SSSR count). The molecule has 3 N–H and O–H groups in total. The molecule has 0 aliphatic rings. The van der Waals surface area contributed by atoms with Crippen molar-refractivity contribution < 1.29 is 4.42 Å². The second-order valence-electron chi connectivity index (χ2n) is 4.04. The molecule has 1 aromatic heterocycles. The fourth-order valence-corrected chi connectivity index (χ4v) is 2.20. The number of benzene rings is 1. The summed E-state index contributed by atoms with van der Waals surface area (Å²) in [5, 5.41) is 3.25. The number of fused-ring (bicyclic) bond motifs is 1. The van der Waals surface area contributed by atoms with Gasteiger partial charge < -0.3 is 15.5 Å². The lowest BCUT2D eigenvalue weighted by Crippen LogP contribution is -2.15. The average molecular weight is 251 g/mol. The number of para-hydroxylation sites is 1. The minimum atomic E-state index is 0.344. The van der Waals surface area contributed by atoms with Gasteiger partial charge in [-0.3, -0.25) is 0 Å². The standard InChI is InChI=1S/C12H17N3OS/c1-8(6-7-17-2)14-12-15-11-9(13)4-3-5-10(11)16-12/h3-5,8H,6-7,13H2,1-2H3,(H,14,15). The van der Waals surface area contributed by atoms with E-state index in [4.69, 9.17) is 10.2 Å². The highest BCUT2D eigenvalue weighted by Gasteiger charge is 2.10. The molecule has 0 spiro atoms. The minimum Gasteiger partial charge on any atom is -0.423 e. The van der Waals surface area contributed by atoms with Crippen molar-refractivity contribution in [1.29, 1.82) is 0 Å². The Bertz CT molecular complexity index is 497. The molecule has 92 valence electrons. The van der Waals surface area contributed by atoms with Crippen LogP contribution >= 0.6 is 11.8 Å². The summed E-state index contributed by atoms with van der Waals surface area (Å²) in [6, 6.07) is 6.45. The summed E-state index contributed by atoms with van der Waals surface area (Å²) in [7, 11) is 0. The number of anilines is 2. The number of oxazole rings is 1. The van der Waals surface area contributed by atoms with Crippen LogP contribution in [0, 0.1) is 0 Å². The van der Waals surface area contributed by atoms with E-state index in [-0.39, 0.29) is 0 Å². The summed E-state index contributed by atoms with van der Waals surface area (Å²) in [6.45, 7) is 2.12. The van der Waals surface area contributed by atoms with Crippen molar-refractivity contribution in [3.8, 4) is 0 Å². The lowest BCUT2D eigenvalue weighted by molar-refractivity contribution is 0.597. The number of hydrogen-bond acceptors (Lipinski definition) is 5. The highest BCUT2D eigenvalue weighted by Crippen LogP contribution is 2.24. The smallest absolute Gasteiger partial charge is 0.295 e. The summed E-state index contributed by atoms with van der Waals surface area (Å²) in [5.41, 5.74) is 7.93.